The predicted molar refractivity (Wildman–Crippen MR) is 69.3 cm³/mol. The molecule has 1 aliphatic rings. The molecule has 0 bridgehead atoms. The van der Waals surface area contributed by atoms with Crippen LogP contribution in [0.5, 0.6) is 0 Å². The number of aromatic carboxylic acids is 1. The molecule has 0 spiro atoms. The van der Waals surface area contributed by atoms with Crippen LogP contribution < -0.4 is 16.1 Å². The molecule has 2 atom stereocenters. The third kappa shape index (κ3) is 2.61. The average Bonchev–Trinajstić information content (AvgIpc) is 2.34. The maximum Gasteiger partial charge on any atom is 0.371 e. The van der Waals surface area contributed by atoms with Crippen LogP contribution in [0.1, 0.15) is 30.3 Å². The first-order chi connectivity index (χ1) is 9.06. The van der Waals surface area contributed by atoms with Crippen molar-refractivity contribution in [2.75, 3.05) is 7.11 Å². The van der Waals surface area contributed by atoms with Gasteiger partial charge in [0.15, 0.2) is 5.43 Å². The Balaban J connectivity index is 2.58. The number of carboxylic acids is 1. The van der Waals surface area contributed by atoms with Crippen molar-refractivity contribution in [1.82, 2.24) is 0 Å². The van der Waals surface area contributed by atoms with Crippen LogP contribution >= 0.6 is 0 Å². The fourth-order valence-electron chi connectivity index (χ4n) is 2.21. The Morgan fingerprint density at radius 3 is 2.74 bits per heavy atom. The molecule has 2 rings (SSSR count). The lowest BCUT2D eigenvalue weighted by Gasteiger charge is -2.32. The van der Waals surface area contributed by atoms with E-state index in [0.717, 1.165) is 18.9 Å². The Hall–Kier alpha value is -1.88. The highest BCUT2D eigenvalue weighted by atomic mass is 16.5. The summed E-state index contributed by atoms with van der Waals surface area (Å²) in [5, 5.41) is 9.31. The van der Waals surface area contributed by atoms with Gasteiger partial charge in [-0.15, -0.1) is 0 Å². The van der Waals surface area contributed by atoms with Crippen LogP contribution in [0, 0.1) is 5.92 Å². The van der Waals surface area contributed by atoms with Crippen molar-refractivity contribution in [3.63, 3.8) is 0 Å². The van der Waals surface area contributed by atoms with Crippen molar-refractivity contribution < 1.29 is 19.1 Å². The van der Waals surface area contributed by atoms with Gasteiger partial charge >= 0.3 is 5.97 Å². The van der Waals surface area contributed by atoms with Gasteiger partial charge in [-0.05, 0) is 25.8 Å². The second-order valence-electron chi connectivity index (χ2n) is 4.53. The number of ether oxygens (including phenoxy) is 1. The van der Waals surface area contributed by atoms with Crippen LogP contribution in [0.2, 0.25) is 0 Å². The SMILES string of the molecule is C/C=c1/c(=O)cc(C(=O)O)o/c1=C/C1CCC1OC. The van der Waals surface area contributed by atoms with E-state index in [-0.39, 0.29) is 23.2 Å². The maximum absolute atomic E-state index is 11.8. The standard InChI is InChI=1S/C14H16O5/c1-3-9-10(15)7-13(14(16)17)19-12(9)6-8-4-5-11(8)18-2/h3,6-8,11H,4-5H2,1-2H3,(H,16,17)/b9-3-,12-6+. The Morgan fingerprint density at radius 1 is 1.53 bits per heavy atom. The molecule has 1 N–H and O–H groups in total. The molecule has 0 aromatic carbocycles. The number of hydrogen-bond donors (Lipinski definition) is 1. The molecular formula is C14H16O5. The first-order valence-electron chi connectivity index (χ1n) is 6.15. The summed E-state index contributed by atoms with van der Waals surface area (Å²) in [6.45, 7) is 1.72. The molecule has 1 heterocycles. The Morgan fingerprint density at radius 2 is 2.26 bits per heavy atom. The Labute approximate surface area is 109 Å². The summed E-state index contributed by atoms with van der Waals surface area (Å²) in [6.07, 6.45) is 5.45. The van der Waals surface area contributed by atoms with Gasteiger partial charge < -0.3 is 14.3 Å². The smallest absolute Gasteiger partial charge is 0.371 e. The van der Waals surface area contributed by atoms with E-state index in [9.17, 15) is 9.59 Å². The fraction of sp³-hybridized carbons (Fsp3) is 0.429. The van der Waals surface area contributed by atoms with Crippen LogP contribution in [-0.2, 0) is 4.74 Å². The molecule has 0 radical (unpaired) electrons. The summed E-state index contributed by atoms with van der Waals surface area (Å²) in [4.78, 5) is 22.7. The second-order valence-corrected chi connectivity index (χ2v) is 4.53. The first kappa shape index (κ1) is 13.5. The minimum Gasteiger partial charge on any atom is -0.475 e. The minimum absolute atomic E-state index is 0.114. The van der Waals surface area contributed by atoms with E-state index >= 15 is 0 Å². The zero-order valence-electron chi connectivity index (χ0n) is 10.9. The van der Waals surface area contributed by atoms with E-state index in [1.165, 1.54) is 0 Å². The summed E-state index contributed by atoms with van der Waals surface area (Å²) in [6, 6.07) is 1.00. The summed E-state index contributed by atoms with van der Waals surface area (Å²) in [5.74, 6) is -1.42. The Kier molecular flexibility index (Phi) is 3.85. The predicted octanol–water partition coefficient (Wildman–Crippen LogP) is 0.344. The van der Waals surface area contributed by atoms with Crippen molar-refractivity contribution in [3.8, 4) is 0 Å². The van der Waals surface area contributed by atoms with E-state index < -0.39 is 5.97 Å². The summed E-state index contributed by atoms with van der Waals surface area (Å²) >= 11 is 0. The van der Waals surface area contributed by atoms with Gasteiger partial charge in [-0.1, -0.05) is 6.08 Å². The van der Waals surface area contributed by atoms with E-state index in [2.05, 4.69) is 0 Å². The number of carboxylic acid groups (broad SMARTS) is 1. The van der Waals surface area contributed by atoms with Crippen LogP contribution in [0.15, 0.2) is 15.3 Å². The molecule has 5 nitrogen and oxygen atoms in total. The second kappa shape index (κ2) is 5.40. The van der Waals surface area contributed by atoms with Crippen LogP contribution in [0.4, 0.5) is 0 Å². The molecule has 1 aromatic rings. The van der Waals surface area contributed by atoms with Crippen molar-refractivity contribution in [1.29, 1.82) is 0 Å². The molecule has 19 heavy (non-hydrogen) atoms. The number of rotatable bonds is 3. The molecule has 0 amide bonds. The highest BCUT2D eigenvalue weighted by molar-refractivity contribution is 5.84. The molecule has 0 aliphatic heterocycles. The molecule has 1 saturated carbocycles. The molecule has 102 valence electrons. The highest BCUT2D eigenvalue weighted by Gasteiger charge is 2.29. The van der Waals surface area contributed by atoms with Crippen LogP contribution in [0.25, 0.3) is 12.2 Å². The fourth-order valence-corrected chi connectivity index (χ4v) is 2.21. The Bertz CT molecular complexity index is 653. The summed E-state index contributed by atoms with van der Waals surface area (Å²) in [7, 11) is 1.64. The lowest BCUT2D eigenvalue weighted by molar-refractivity contribution is 0.0108. The van der Waals surface area contributed by atoms with Gasteiger partial charge in [0.2, 0.25) is 5.76 Å². The first-order valence-corrected chi connectivity index (χ1v) is 6.15. The van der Waals surface area contributed by atoms with Crippen molar-refractivity contribution in [3.05, 3.63) is 32.7 Å². The number of methoxy groups -OCH3 is 1. The largest absolute Gasteiger partial charge is 0.475 e. The van der Waals surface area contributed by atoms with Crippen molar-refractivity contribution >= 4 is 18.1 Å². The molecule has 1 fully saturated rings. The van der Waals surface area contributed by atoms with Crippen LogP contribution in [-0.4, -0.2) is 24.3 Å². The molecule has 0 saturated heterocycles. The molecule has 5 heteroatoms. The lowest BCUT2D eigenvalue weighted by atomic mass is 9.81. The quantitative estimate of drug-likeness (QED) is 0.852. The van der Waals surface area contributed by atoms with E-state index in [1.54, 1.807) is 26.2 Å². The average molecular weight is 264 g/mol. The molecule has 2 unspecified atom stereocenters. The molecule has 1 aromatic heterocycles. The minimum atomic E-state index is -1.24. The van der Waals surface area contributed by atoms with Gasteiger partial charge in [-0.2, -0.15) is 0 Å². The molecular weight excluding hydrogens is 248 g/mol. The topological polar surface area (TPSA) is 76.7 Å². The zero-order chi connectivity index (χ0) is 14.0. The van der Waals surface area contributed by atoms with Gasteiger partial charge in [0, 0.05) is 19.1 Å². The van der Waals surface area contributed by atoms with E-state index in [1.807, 2.05) is 0 Å². The van der Waals surface area contributed by atoms with Gasteiger partial charge in [0.05, 0.1) is 11.3 Å². The highest BCUT2D eigenvalue weighted by Crippen LogP contribution is 2.30. The summed E-state index contributed by atoms with van der Waals surface area (Å²) < 4.78 is 10.6. The molecule has 1 aliphatic carbocycles. The van der Waals surface area contributed by atoms with Gasteiger partial charge in [0.1, 0.15) is 5.42 Å². The van der Waals surface area contributed by atoms with Crippen LogP contribution in [0.3, 0.4) is 0 Å². The van der Waals surface area contributed by atoms with Gasteiger partial charge in [-0.3, -0.25) is 4.79 Å². The van der Waals surface area contributed by atoms with Crippen molar-refractivity contribution in [2.24, 2.45) is 5.92 Å². The summed E-state index contributed by atoms with van der Waals surface area (Å²) in [5.41, 5.74) is -0.0233. The normalized spacial score (nSPS) is 24.3. The maximum atomic E-state index is 11.8. The van der Waals surface area contributed by atoms with E-state index in [0.29, 0.717) is 10.6 Å². The lowest BCUT2D eigenvalue weighted by Crippen LogP contribution is -2.42. The number of hydrogen-bond acceptors (Lipinski definition) is 4. The third-order valence-electron chi connectivity index (χ3n) is 3.44. The van der Waals surface area contributed by atoms with Gasteiger partial charge in [0.25, 0.3) is 0 Å². The van der Waals surface area contributed by atoms with Gasteiger partial charge in [-0.25, -0.2) is 4.79 Å². The van der Waals surface area contributed by atoms with Crippen molar-refractivity contribution in [2.45, 2.75) is 25.9 Å². The zero-order valence-corrected chi connectivity index (χ0v) is 10.9. The monoisotopic (exact) mass is 264 g/mol. The number of carbonyl (C=O) groups is 1. The van der Waals surface area contributed by atoms with E-state index in [4.69, 9.17) is 14.3 Å². The third-order valence-corrected chi connectivity index (χ3v) is 3.44.